The van der Waals surface area contributed by atoms with Crippen molar-refractivity contribution in [3.05, 3.63) is 35.9 Å². The molecule has 0 amide bonds. The molecule has 0 fully saturated rings. The van der Waals surface area contributed by atoms with Crippen LogP contribution in [-0.2, 0) is 4.79 Å². The molecule has 0 bridgehead atoms. The summed E-state index contributed by atoms with van der Waals surface area (Å²) in [5.74, 6) is 0.953. The first kappa shape index (κ1) is 14.5. The predicted octanol–water partition coefficient (Wildman–Crippen LogP) is 2.67. The zero-order valence-electron chi connectivity index (χ0n) is 11.3. The second-order valence-corrected chi connectivity index (χ2v) is 4.21. The Morgan fingerprint density at radius 1 is 1.50 bits per heavy atom. The van der Waals surface area contributed by atoms with Gasteiger partial charge in [-0.3, -0.25) is 4.79 Å². The summed E-state index contributed by atoms with van der Waals surface area (Å²) in [7, 11) is 1.90. The van der Waals surface area contributed by atoms with Gasteiger partial charge < -0.3 is 10.1 Å². The third kappa shape index (κ3) is 5.15. The van der Waals surface area contributed by atoms with Crippen molar-refractivity contribution in [3.63, 3.8) is 0 Å². The summed E-state index contributed by atoms with van der Waals surface area (Å²) in [6.45, 7) is 4.67. The maximum absolute atomic E-state index is 11.2. The molecule has 1 aromatic rings. The monoisotopic (exact) mass is 247 g/mol. The van der Waals surface area contributed by atoms with E-state index >= 15 is 0 Å². The molecule has 0 radical (unpaired) electrons. The normalized spacial score (nSPS) is 12.6. The topological polar surface area (TPSA) is 38.3 Å². The number of likely N-dealkylation sites (N-methyl/N-ethyl adjacent to an activating group) is 1. The van der Waals surface area contributed by atoms with Crippen LogP contribution in [0.3, 0.4) is 0 Å². The van der Waals surface area contributed by atoms with Gasteiger partial charge in [-0.15, -0.1) is 0 Å². The molecule has 0 aromatic heterocycles. The van der Waals surface area contributed by atoms with E-state index in [0.29, 0.717) is 6.42 Å². The lowest BCUT2D eigenvalue weighted by molar-refractivity contribution is -0.114. The molecule has 0 aliphatic rings. The summed E-state index contributed by atoms with van der Waals surface area (Å²) in [6.07, 6.45) is 4.08. The van der Waals surface area contributed by atoms with Gasteiger partial charge >= 0.3 is 0 Å². The van der Waals surface area contributed by atoms with E-state index in [2.05, 4.69) is 5.32 Å². The number of ether oxygens (including phenoxy) is 1. The maximum Gasteiger partial charge on any atom is 0.155 e. The van der Waals surface area contributed by atoms with Crippen LogP contribution in [0.4, 0.5) is 0 Å². The van der Waals surface area contributed by atoms with Crippen molar-refractivity contribution in [2.45, 2.75) is 26.4 Å². The SMILES string of the molecule is CCC(=O)/C=C/c1cccc(O[C@H](C)CNC)c1. The lowest BCUT2D eigenvalue weighted by atomic mass is 10.1. The summed E-state index contributed by atoms with van der Waals surface area (Å²) in [5, 5.41) is 3.07. The molecule has 1 rings (SSSR count). The molecule has 3 heteroatoms. The average molecular weight is 247 g/mol. The van der Waals surface area contributed by atoms with Crippen LogP contribution in [-0.4, -0.2) is 25.5 Å². The number of rotatable bonds is 7. The molecule has 3 nitrogen and oxygen atoms in total. The standard InChI is InChI=1S/C15H21NO2/c1-4-14(17)9-8-13-6-5-7-15(10-13)18-12(2)11-16-3/h5-10,12,16H,4,11H2,1-3H3/b9-8+/t12-/m1/s1. The summed E-state index contributed by atoms with van der Waals surface area (Å²) < 4.78 is 5.75. The Morgan fingerprint density at radius 2 is 2.28 bits per heavy atom. The van der Waals surface area contributed by atoms with E-state index < -0.39 is 0 Å². The molecule has 1 atom stereocenters. The van der Waals surface area contributed by atoms with Crippen molar-refractivity contribution in [2.24, 2.45) is 0 Å². The summed E-state index contributed by atoms with van der Waals surface area (Å²) in [4.78, 5) is 11.2. The summed E-state index contributed by atoms with van der Waals surface area (Å²) in [6, 6.07) is 7.74. The van der Waals surface area contributed by atoms with E-state index in [1.54, 1.807) is 6.08 Å². The molecule has 0 spiro atoms. The highest BCUT2D eigenvalue weighted by molar-refractivity contribution is 5.93. The van der Waals surface area contributed by atoms with Gasteiger partial charge in [-0.05, 0) is 37.7 Å². The number of allylic oxidation sites excluding steroid dienone is 1. The lowest BCUT2D eigenvalue weighted by Gasteiger charge is -2.14. The van der Waals surface area contributed by atoms with Gasteiger partial charge in [0.05, 0.1) is 0 Å². The van der Waals surface area contributed by atoms with Gasteiger partial charge in [0.15, 0.2) is 5.78 Å². The van der Waals surface area contributed by atoms with Gasteiger partial charge in [0.25, 0.3) is 0 Å². The van der Waals surface area contributed by atoms with Crippen LogP contribution in [0.1, 0.15) is 25.8 Å². The highest BCUT2D eigenvalue weighted by atomic mass is 16.5. The molecule has 1 aromatic carbocycles. The van der Waals surface area contributed by atoms with Crippen LogP contribution in [0.2, 0.25) is 0 Å². The van der Waals surface area contributed by atoms with Crippen LogP contribution in [0, 0.1) is 0 Å². The number of ketones is 1. The molecule has 0 saturated heterocycles. The van der Waals surface area contributed by atoms with Crippen molar-refractivity contribution in [2.75, 3.05) is 13.6 Å². The second-order valence-electron chi connectivity index (χ2n) is 4.21. The fourth-order valence-corrected chi connectivity index (χ4v) is 1.56. The smallest absolute Gasteiger partial charge is 0.155 e. The van der Waals surface area contributed by atoms with Gasteiger partial charge in [0, 0.05) is 13.0 Å². The largest absolute Gasteiger partial charge is 0.489 e. The van der Waals surface area contributed by atoms with E-state index in [4.69, 9.17) is 4.74 Å². The van der Waals surface area contributed by atoms with Crippen molar-refractivity contribution in [1.29, 1.82) is 0 Å². The van der Waals surface area contributed by atoms with Crippen LogP contribution < -0.4 is 10.1 Å². The number of hydrogen-bond donors (Lipinski definition) is 1. The number of nitrogens with one attached hydrogen (secondary N) is 1. The number of hydrogen-bond acceptors (Lipinski definition) is 3. The molecule has 98 valence electrons. The average Bonchev–Trinajstić information content (AvgIpc) is 2.36. The van der Waals surface area contributed by atoms with Crippen molar-refractivity contribution in [3.8, 4) is 5.75 Å². The third-order valence-corrected chi connectivity index (χ3v) is 2.50. The Morgan fingerprint density at radius 3 is 2.94 bits per heavy atom. The molecule has 0 saturated carbocycles. The Balaban J connectivity index is 2.67. The van der Waals surface area contributed by atoms with Gasteiger partial charge in [-0.25, -0.2) is 0 Å². The number of benzene rings is 1. The number of carbonyl (C=O) groups excluding carboxylic acids is 1. The van der Waals surface area contributed by atoms with Crippen molar-refractivity contribution in [1.82, 2.24) is 5.32 Å². The van der Waals surface area contributed by atoms with E-state index in [9.17, 15) is 4.79 Å². The predicted molar refractivity (Wildman–Crippen MR) is 74.8 cm³/mol. The molecule has 0 aliphatic carbocycles. The van der Waals surface area contributed by atoms with Crippen LogP contribution >= 0.6 is 0 Å². The molecule has 1 N–H and O–H groups in total. The highest BCUT2D eigenvalue weighted by Gasteiger charge is 2.02. The first-order valence-corrected chi connectivity index (χ1v) is 6.28. The quantitative estimate of drug-likeness (QED) is 0.753. The molecule has 0 heterocycles. The van der Waals surface area contributed by atoms with E-state index in [1.807, 2.05) is 51.2 Å². The first-order valence-electron chi connectivity index (χ1n) is 6.28. The Kier molecular flexibility index (Phi) is 6.15. The Labute approximate surface area is 109 Å². The highest BCUT2D eigenvalue weighted by Crippen LogP contribution is 2.16. The zero-order valence-corrected chi connectivity index (χ0v) is 11.3. The van der Waals surface area contributed by atoms with E-state index in [-0.39, 0.29) is 11.9 Å². The minimum absolute atomic E-state index is 0.117. The van der Waals surface area contributed by atoms with Gasteiger partial charge in [-0.1, -0.05) is 25.1 Å². The molecular formula is C15H21NO2. The Bertz CT molecular complexity index is 413. The minimum Gasteiger partial charge on any atom is -0.489 e. The number of carbonyl (C=O) groups is 1. The van der Waals surface area contributed by atoms with Crippen LogP contribution in [0.25, 0.3) is 6.08 Å². The fraction of sp³-hybridized carbons (Fsp3) is 0.400. The van der Waals surface area contributed by atoms with Crippen molar-refractivity contribution >= 4 is 11.9 Å². The van der Waals surface area contributed by atoms with Crippen molar-refractivity contribution < 1.29 is 9.53 Å². The van der Waals surface area contributed by atoms with Crippen LogP contribution in [0.5, 0.6) is 5.75 Å². The molecule has 0 aliphatic heterocycles. The summed E-state index contributed by atoms with van der Waals surface area (Å²) in [5.41, 5.74) is 0.978. The van der Waals surface area contributed by atoms with Gasteiger partial charge in [0.2, 0.25) is 0 Å². The van der Waals surface area contributed by atoms with Crippen LogP contribution in [0.15, 0.2) is 30.3 Å². The minimum atomic E-state index is 0.117. The lowest BCUT2D eigenvalue weighted by Crippen LogP contribution is -2.25. The fourth-order valence-electron chi connectivity index (χ4n) is 1.56. The summed E-state index contributed by atoms with van der Waals surface area (Å²) >= 11 is 0. The molecular weight excluding hydrogens is 226 g/mol. The van der Waals surface area contributed by atoms with Gasteiger partial charge in [-0.2, -0.15) is 0 Å². The maximum atomic E-state index is 11.2. The second kappa shape index (κ2) is 7.67. The first-order chi connectivity index (χ1) is 8.65. The third-order valence-electron chi connectivity index (χ3n) is 2.50. The van der Waals surface area contributed by atoms with E-state index in [1.165, 1.54) is 0 Å². The molecule has 18 heavy (non-hydrogen) atoms. The Hall–Kier alpha value is -1.61. The molecule has 0 unspecified atom stereocenters. The van der Waals surface area contributed by atoms with Gasteiger partial charge in [0.1, 0.15) is 11.9 Å². The van der Waals surface area contributed by atoms with E-state index in [0.717, 1.165) is 17.9 Å². The zero-order chi connectivity index (χ0) is 13.4.